The van der Waals surface area contributed by atoms with Crippen LogP contribution in [-0.4, -0.2) is 63.7 Å². The zero-order valence-electron chi connectivity index (χ0n) is 14.9. The third kappa shape index (κ3) is 4.94. The first kappa shape index (κ1) is 19.7. The largest absolute Gasteiger partial charge is 0.660 e. The predicted molar refractivity (Wildman–Crippen MR) is 92.9 cm³/mol. The molecule has 1 radical (unpaired) electrons. The van der Waals surface area contributed by atoms with Crippen LogP contribution in [0.25, 0.3) is 16.5 Å². The molecule has 8 heteroatoms. The van der Waals surface area contributed by atoms with Crippen molar-refractivity contribution in [2.75, 3.05) is 44.6 Å². The fourth-order valence-electron chi connectivity index (χ4n) is 2.76. The first-order chi connectivity index (χ1) is 11.1. The SMILES string of the molecule is Cc1nc(NCC(C)C)c2ncn(CCN3CC[N-]CC3)c2n1.[Y]. The average molecular weight is 405 g/mol. The van der Waals surface area contributed by atoms with Crippen molar-refractivity contribution in [3.05, 3.63) is 17.5 Å². The van der Waals surface area contributed by atoms with E-state index in [9.17, 15) is 0 Å². The van der Waals surface area contributed by atoms with Gasteiger partial charge in [-0.05, 0) is 25.9 Å². The summed E-state index contributed by atoms with van der Waals surface area (Å²) in [6.45, 7) is 13.1. The number of nitrogens with one attached hydrogen (secondary N) is 1. The third-order valence-corrected chi connectivity index (χ3v) is 4.06. The molecule has 1 aliphatic heterocycles. The summed E-state index contributed by atoms with van der Waals surface area (Å²) < 4.78 is 2.14. The van der Waals surface area contributed by atoms with Crippen molar-refractivity contribution in [3.63, 3.8) is 0 Å². The summed E-state index contributed by atoms with van der Waals surface area (Å²) in [5, 5.41) is 7.79. The molecule has 1 aliphatic rings. The number of nitrogens with zero attached hydrogens (tertiary/aromatic N) is 6. The average Bonchev–Trinajstić information content (AvgIpc) is 2.94. The Labute approximate surface area is 168 Å². The van der Waals surface area contributed by atoms with Gasteiger partial charge in [0.1, 0.15) is 11.3 Å². The number of hydrogen-bond acceptors (Lipinski definition) is 5. The number of anilines is 1. The molecular formula is C16H26N7Y-. The van der Waals surface area contributed by atoms with Crippen LogP contribution in [0.2, 0.25) is 0 Å². The van der Waals surface area contributed by atoms with Crippen LogP contribution in [0.1, 0.15) is 19.7 Å². The Morgan fingerprint density at radius 3 is 2.67 bits per heavy atom. The molecule has 0 spiro atoms. The van der Waals surface area contributed by atoms with Crippen molar-refractivity contribution in [3.8, 4) is 0 Å². The van der Waals surface area contributed by atoms with Crippen LogP contribution in [0.4, 0.5) is 5.82 Å². The molecule has 3 rings (SSSR count). The van der Waals surface area contributed by atoms with Crippen LogP contribution in [0.15, 0.2) is 6.33 Å². The van der Waals surface area contributed by atoms with Crippen LogP contribution in [0.3, 0.4) is 0 Å². The second kappa shape index (κ2) is 9.18. The predicted octanol–water partition coefficient (Wildman–Crippen LogP) is 1.89. The molecule has 0 saturated carbocycles. The Morgan fingerprint density at radius 2 is 1.96 bits per heavy atom. The Kier molecular flexibility index (Phi) is 7.53. The molecule has 0 aliphatic carbocycles. The van der Waals surface area contributed by atoms with Crippen LogP contribution in [0, 0.1) is 12.8 Å². The summed E-state index contributed by atoms with van der Waals surface area (Å²) in [6, 6.07) is 0. The van der Waals surface area contributed by atoms with Crippen LogP contribution in [-0.2, 0) is 39.3 Å². The molecule has 7 nitrogen and oxygen atoms in total. The van der Waals surface area contributed by atoms with Crippen LogP contribution in [0.5, 0.6) is 0 Å². The molecule has 2 aromatic rings. The zero-order valence-corrected chi connectivity index (χ0v) is 17.7. The molecular weight excluding hydrogens is 379 g/mol. The maximum Gasteiger partial charge on any atom is 0.165 e. The maximum absolute atomic E-state index is 4.60. The van der Waals surface area contributed by atoms with Gasteiger partial charge in [-0.2, -0.15) is 0 Å². The van der Waals surface area contributed by atoms with Crippen molar-refractivity contribution in [1.82, 2.24) is 24.4 Å². The monoisotopic (exact) mass is 405 g/mol. The van der Waals surface area contributed by atoms with E-state index in [-0.39, 0.29) is 32.7 Å². The van der Waals surface area contributed by atoms with E-state index in [0.717, 1.165) is 68.6 Å². The minimum Gasteiger partial charge on any atom is -0.660 e. The van der Waals surface area contributed by atoms with E-state index in [0.29, 0.717) is 5.92 Å². The van der Waals surface area contributed by atoms with Crippen molar-refractivity contribution in [1.29, 1.82) is 0 Å². The second-order valence-electron chi connectivity index (χ2n) is 6.52. The van der Waals surface area contributed by atoms with Gasteiger partial charge in [0, 0.05) is 52.3 Å². The first-order valence-electron chi connectivity index (χ1n) is 8.42. The van der Waals surface area contributed by atoms with E-state index in [1.54, 1.807) is 0 Å². The molecule has 1 N–H and O–H groups in total. The molecule has 0 unspecified atom stereocenters. The van der Waals surface area contributed by atoms with Gasteiger partial charge in [0.25, 0.3) is 0 Å². The summed E-state index contributed by atoms with van der Waals surface area (Å²) in [6.07, 6.45) is 1.88. The Morgan fingerprint density at radius 1 is 1.21 bits per heavy atom. The Balaban J connectivity index is 0.00000208. The van der Waals surface area contributed by atoms with E-state index < -0.39 is 0 Å². The second-order valence-corrected chi connectivity index (χ2v) is 6.52. The van der Waals surface area contributed by atoms with E-state index in [1.807, 2.05) is 13.3 Å². The van der Waals surface area contributed by atoms with E-state index in [4.69, 9.17) is 0 Å². The minimum absolute atomic E-state index is 0. The van der Waals surface area contributed by atoms with Gasteiger partial charge in [0.2, 0.25) is 0 Å². The molecule has 129 valence electrons. The summed E-state index contributed by atoms with van der Waals surface area (Å²) in [4.78, 5) is 16.1. The van der Waals surface area contributed by atoms with E-state index >= 15 is 0 Å². The number of fused-ring (bicyclic) bond motifs is 1. The Bertz CT molecular complexity index is 649. The summed E-state index contributed by atoms with van der Waals surface area (Å²) in [7, 11) is 0. The fraction of sp³-hybridized carbons (Fsp3) is 0.688. The molecule has 3 heterocycles. The quantitative estimate of drug-likeness (QED) is 0.795. The molecule has 24 heavy (non-hydrogen) atoms. The smallest absolute Gasteiger partial charge is 0.165 e. The molecule has 0 bridgehead atoms. The number of hydrogen-bond donors (Lipinski definition) is 1. The number of piperazine rings is 1. The van der Waals surface area contributed by atoms with Gasteiger partial charge < -0.3 is 20.1 Å². The minimum atomic E-state index is 0. The zero-order chi connectivity index (χ0) is 16.2. The fourth-order valence-corrected chi connectivity index (χ4v) is 2.76. The number of aromatic nitrogens is 4. The molecule has 0 aromatic carbocycles. The summed E-state index contributed by atoms with van der Waals surface area (Å²) >= 11 is 0. The van der Waals surface area contributed by atoms with Crippen molar-refractivity contribution >= 4 is 17.0 Å². The standard InChI is InChI=1S/C16H26N7.Y/c1-12(2)10-18-15-14-16(21-13(3)20-15)23(11-19-14)9-8-22-6-4-17-5-7-22;/h11-12H,4-10H2,1-3H3,(H,18,20,21);/q-1;. The molecule has 1 fully saturated rings. The maximum atomic E-state index is 4.60. The molecule has 2 aromatic heterocycles. The van der Waals surface area contributed by atoms with Crippen LogP contribution >= 0.6 is 0 Å². The number of rotatable bonds is 6. The summed E-state index contributed by atoms with van der Waals surface area (Å²) in [5.74, 6) is 2.19. The van der Waals surface area contributed by atoms with Crippen molar-refractivity contribution < 1.29 is 32.7 Å². The van der Waals surface area contributed by atoms with Crippen molar-refractivity contribution in [2.24, 2.45) is 5.92 Å². The normalized spacial score (nSPS) is 15.7. The number of imidazole rings is 1. The molecule has 0 atom stereocenters. The third-order valence-electron chi connectivity index (χ3n) is 4.06. The van der Waals surface area contributed by atoms with Crippen molar-refractivity contribution in [2.45, 2.75) is 27.3 Å². The van der Waals surface area contributed by atoms with E-state index in [1.165, 1.54) is 0 Å². The van der Waals surface area contributed by atoms with Gasteiger partial charge in [0.15, 0.2) is 11.5 Å². The van der Waals surface area contributed by atoms with Gasteiger partial charge in [-0.25, -0.2) is 15.0 Å². The van der Waals surface area contributed by atoms with Gasteiger partial charge in [-0.3, -0.25) is 0 Å². The first-order valence-corrected chi connectivity index (χ1v) is 8.42. The van der Waals surface area contributed by atoms with Gasteiger partial charge in [-0.1, -0.05) is 13.8 Å². The topological polar surface area (TPSA) is 73.0 Å². The molecule has 1 saturated heterocycles. The molecule has 0 amide bonds. The van der Waals surface area contributed by atoms with E-state index in [2.05, 4.69) is 48.9 Å². The van der Waals surface area contributed by atoms with Crippen LogP contribution < -0.4 is 5.32 Å². The Hall–Kier alpha value is -0.626. The number of aryl methyl sites for hydroxylation is 1. The van der Waals surface area contributed by atoms with Gasteiger partial charge >= 0.3 is 0 Å². The van der Waals surface area contributed by atoms with Gasteiger partial charge in [-0.15, -0.1) is 13.1 Å². The summed E-state index contributed by atoms with van der Waals surface area (Å²) in [5.41, 5.74) is 1.79. The van der Waals surface area contributed by atoms with Gasteiger partial charge in [0.05, 0.1) is 6.33 Å².